The molecule has 0 bridgehead atoms. The highest BCUT2D eigenvalue weighted by molar-refractivity contribution is 8.00. The largest absolute Gasteiger partial charge is 0.380 e. The van der Waals surface area contributed by atoms with E-state index in [1.54, 1.807) is 29.8 Å². The Morgan fingerprint density at radius 3 is 2.90 bits per heavy atom. The number of aryl methyl sites for hydroxylation is 1. The quantitative estimate of drug-likeness (QED) is 0.515. The molecule has 39 heavy (non-hydrogen) atoms. The topological polar surface area (TPSA) is 138 Å². The van der Waals surface area contributed by atoms with Crippen molar-refractivity contribution in [3.05, 3.63) is 40.7 Å². The van der Waals surface area contributed by atoms with Crippen molar-refractivity contribution in [2.75, 3.05) is 43.6 Å². The van der Waals surface area contributed by atoms with Gasteiger partial charge in [-0.05, 0) is 49.8 Å². The first kappa shape index (κ1) is 27.1. The average molecular weight is 551 g/mol. The second kappa shape index (κ2) is 12.1. The lowest BCUT2D eigenvalue weighted by molar-refractivity contribution is -0.140. The standard InChI is InChI=1S/C27H30N6O5S/c1-32(26(35)22-5-3-8-38-22)14-18-10-17-4-2-7-33(25(17)30-21(18)15-34)27(36)31-24-11-23(19(12-28)13-29-24)39-20-6-9-37-16-20/h10-11,13,15,20,22H,2-9,14,16H2,1H3,(H,29,31,36)/t20-,22-/m1/s1. The van der Waals surface area contributed by atoms with Crippen LogP contribution in [0, 0.1) is 11.3 Å². The number of rotatable bonds is 7. The smallest absolute Gasteiger partial charge is 0.328 e. The normalized spacial score (nSPS) is 20.3. The van der Waals surface area contributed by atoms with E-state index in [-0.39, 0.29) is 23.4 Å². The van der Waals surface area contributed by atoms with Gasteiger partial charge >= 0.3 is 6.03 Å². The van der Waals surface area contributed by atoms with E-state index in [2.05, 4.69) is 21.4 Å². The number of nitrogens with zero attached hydrogens (tertiary/aromatic N) is 5. The lowest BCUT2D eigenvalue weighted by Crippen LogP contribution is -2.40. The van der Waals surface area contributed by atoms with Gasteiger partial charge in [-0.15, -0.1) is 11.8 Å². The summed E-state index contributed by atoms with van der Waals surface area (Å²) in [5.74, 6) is 0.633. The summed E-state index contributed by atoms with van der Waals surface area (Å²) in [5, 5.41) is 12.6. The lowest BCUT2D eigenvalue weighted by atomic mass is 10.0. The van der Waals surface area contributed by atoms with Gasteiger partial charge in [0, 0.05) is 55.3 Å². The zero-order valence-corrected chi connectivity index (χ0v) is 22.5. The third kappa shape index (κ3) is 6.06. The van der Waals surface area contributed by atoms with Crippen LogP contribution in [0.5, 0.6) is 0 Å². The summed E-state index contributed by atoms with van der Waals surface area (Å²) in [6.07, 6.45) is 5.53. The van der Waals surface area contributed by atoms with Crippen molar-refractivity contribution in [3.8, 4) is 6.07 Å². The number of nitrogens with one attached hydrogen (secondary N) is 1. The van der Waals surface area contributed by atoms with Crippen LogP contribution in [0.4, 0.5) is 16.4 Å². The van der Waals surface area contributed by atoms with Gasteiger partial charge < -0.3 is 14.4 Å². The highest BCUT2D eigenvalue weighted by Gasteiger charge is 2.29. The monoisotopic (exact) mass is 550 g/mol. The summed E-state index contributed by atoms with van der Waals surface area (Å²) in [5.41, 5.74) is 2.10. The minimum Gasteiger partial charge on any atom is -0.380 e. The van der Waals surface area contributed by atoms with Gasteiger partial charge in [0.15, 0.2) is 6.29 Å². The molecule has 0 saturated carbocycles. The summed E-state index contributed by atoms with van der Waals surface area (Å²) in [6, 6.07) is 5.31. The molecule has 0 spiro atoms. The number of carbonyl (C=O) groups excluding carboxylic acids is 3. The fourth-order valence-electron chi connectivity index (χ4n) is 4.98. The van der Waals surface area contributed by atoms with E-state index in [0.29, 0.717) is 68.3 Å². The molecule has 11 nitrogen and oxygen atoms in total. The summed E-state index contributed by atoms with van der Waals surface area (Å²) in [6.45, 7) is 2.55. The number of aldehydes is 1. The molecular formula is C27H30N6O5S. The SMILES string of the molecule is CN(Cc1cc2c(nc1C=O)N(C(=O)Nc1cc(S[C@@H]3CCOC3)c(C#N)cn1)CCC2)C(=O)[C@H]1CCCO1. The molecule has 3 aliphatic heterocycles. The maximum atomic E-state index is 13.3. The number of hydrogen-bond acceptors (Lipinski definition) is 9. The zero-order chi connectivity index (χ0) is 27.4. The van der Waals surface area contributed by atoms with Crippen LogP contribution >= 0.6 is 11.8 Å². The molecule has 0 radical (unpaired) electrons. The number of pyridine rings is 2. The van der Waals surface area contributed by atoms with Crippen molar-refractivity contribution in [1.29, 1.82) is 5.26 Å². The maximum Gasteiger partial charge on any atom is 0.328 e. The van der Waals surface area contributed by atoms with E-state index < -0.39 is 12.1 Å². The Morgan fingerprint density at radius 2 is 2.18 bits per heavy atom. The second-order valence-corrected chi connectivity index (χ2v) is 11.1. The second-order valence-electron chi connectivity index (χ2n) is 9.80. The van der Waals surface area contributed by atoms with Crippen molar-refractivity contribution in [1.82, 2.24) is 14.9 Å². The molecule has 1 N–H and O–H groups in total. The molecule has 204 valence electrons. The van der Waals surface area contributed by atoms with Crippen LogP contribution in [0.15, 0.2) is 23.2 Å². The maximum absolute atomic E-state index is 13.3. The molecule has 2 saturated heterocycles. The number of anilines is 2. The highest BCUT2D eigenvalue weighted by Crippen LogP contribution is 2.33. The Morgan fingerprint density at radius 1 is 1.31 bits per heavy atom. The van der Waals surface area contributed by atoms with Crippen LogP contribution < -0.4 is 10.2 Å². The number of fused-ring (bicyclic) bond motifs is 1. The summed E-state index contributed by atoms with van der Waals surface area (Å²) >= 11 is 1.55. The Kier molecular flexibility index (Phi) is 8.40. The fourth-order valence-corrected chi connectivity index (χ4v) is 6.13. The van der Waals surface area contributed by atoms with Crippen molar-refractivity contribution < 1.29 is 23.9 Å². The molecule has 2 aromatic heterocycles. The first-order chi connectivity index (χ1) is 19.0. The van der Waals surface area contributed by atoms with Gasteiger partial charge in [-0.2, -0.15) is 5.26 Å². The predicted octanol–water partition coefficient (Wildman–Crippen LogP) is 3.16. The molecule has 2 aromatic rings. The molecule has 12 heteroatoms. The summed E-state index contributed by atoms with van der Waals surface area (Å²) < 4.78 is 10.9. The van der Waals surface area contributed by atoms with Crippen LogP contribution in [0.1, 0.15) is 52.9 Å². The Labute approximate surface area is 230 Å². The predicted molar refractivity (Wildman–Crippen MR) is 144 cm³/mol. The van der Waals surface area contributed by atoms with E-state index in [4.69, 9.17) is 9.47 Å². The van der Waals surface area contributed by atoms with Gasteiger partial charge in [0.2, 0.25) is 0 Å². The molecule has 0 aliphatic carbocycles. The van der Waals surface area contributed by atoms with Crippen LogP contribution in [-0.2, 0) is 27.2 Å². The third-order valence-electron chi connectivity index (χ3n) is 7.02. The zero-order valence-electron chi connectivity index (χ0n) is 21.7. The van der Waals surface area contributed by atoms with Gasteiger partial charge in [-0.25, -0.2) is 14.8 Å². The average Bonchev–Trinajstić information content (AvgIpc) is 3.67. The van der Waals surface area contributed by atoms with Gasteiger partial charge in [-0.1, -0.05) is 0 Å². The van der Waals surface area contributed by atoms with Crippen molar-refractivity contribution in [2.45, 2.75) is 54.9 Å². The number of urea groups is 1. The van der Waals surface area contributed by atoms with Crippen LogP contribution in [0.25, 0.3) is 0 Å². The minimum absolute atomic E-state index is 0.115. The fraction of sp³-hybridized carbons (Fsp3) is 0.481. The van der Waals surface area contributed by atoms with E-state index in [1.807, 2.05) is 6.07 Å². The highest BCUT2D eigenvalue weighted by atomic mass is 32.2. The van der Waals surface area contributed by atoms with E-state index in [9.17, 15) is 19.6 Å². The Bertz CT molecular complexity index is 1300. The van der Waals surface area contributed by atoms with E-state index in [0.717, 1.165) is 29.7 Å². The summed E-state index contributed by atoms with van der Waals surface area (Å²) in [4.78, 5) is 50.6. The van der Waals surface area contributed by atoms with Crippen LogP contribution in [-0.4, -0.2) is 77.9 Å². The lowest BCUT2D eigenvalue weighted by Gasteiger charge is -2.29. The number of nitriles is 1. The molecule has 5 rings (SSSR count). The molecular weight excluding hydrogens is 520 g/mol. The molecule has 2 atom stereocenters. The number of hydrogen-bond donors (Lipinski definition) is 1. The van der Waals surface area contributed by atoms with Crippen LogP contribution in [0.3, 0.4) is 0 Å². The number of ether oxygens (including phenoxy) is 2. The van der Waals surface area contributed by atoms with Crippen LogP contribution in [0.2, 0.25) is 0 Å². The number of amides is 3. The molecule has 5 heterocycles. The molecule has 3 aliphatic rings. The Hall–Kier alpha value is -3.53. The molecule has 0 unspecified atom stereocenters. The van der Waals surface area contributed by atoms with Crippen molar-refractivity contribution in [2.24, 2.45) is 0 Å². The minimum atomic E-state index is -0.444. The molecule has 2 fully saturated rings. The summed E-state index contributed by atoms with van der Waals surface area (Å²) in [7, 11) is 1.69. The number of aromatic nitrogens is 2. The first-order valence-corrected chi connectivity index (χ1v) is 13.9. The van der Waals surface area contributed by atoms with Gasteiger partial charge in [-0.3, -0.25) is 19.8 Å². The van der Waals surface area contributed by atoms with Crippen molar-refractivity contribution in [3.63, 3.8) is 0 Å². The van der Waals surface area contributed by atoms with Gasteiger partial charge in [0.25, 0.3) is 5.91 Å². The number of thioether (sulfide) groups is 1. The van der Waals surface area contributed by atoms with Gasteiger partial charge in [0.1, 0.15) is 29.5 Å². The number of likely N-dealkylation sites (N-methyl/N-ethyl adjacent to an activating group) is 1. The Balaban J connectivity index is 1.33. The molecule has 0 aromatic carbocycles. The molecule has 3 amide bonds. The first-order valence-electron chi connectivity index (χ1n) is 13.0. The van der Waals surface area contributed by atoms with Crippen molar-refractivity contribution >= 4 is 41.6 Å². The van der Waals surface area contributed by atoms with E-state index >= 15 is 0 Å². The van der Waals surface area contributed by atoms with Gasteiger partial charge in [0.05, 0.1) is 12.2 Å². The van der Waals surface area contributed by atoms with E-state index in [1.165, 1.54) is 11.1 Å². The number of carbonyl (C=O) groups is 3. The third-order valence-corrected chi connectivity index (χ3v) is 8.32.